The summed E-state index contributed by atoms with van der Waals surface area (Å²) in [5.74, 6) is 0.332. The van der Waals surface area contributed by atoms with Crippen LogP contribution in [0.4, 0.5) is 5.82 Å². The van der Waals surface area contributed by atoms with E-state index in [1.807, 2.05) is 11.5 Å². The van der Waals surface area contributed by atoms with Gasteiger partial charge >= 0.3 is 6.01 Å². The molecule has 0 saturated carbocycles. The monoisotopic (exact) mass is 404 g/mol. The minimum absolute atomic E-state index is 0.0506. The molecular formula is C21H36N6O2. The van der Waals surface area contributed by atoms with Crippen LogP contribution in [0.25, 0.3) is 11.2 Å². The number of hydrogen-bond donors (Lipinski definition) is 1. The number of anilines is 1. The van der Waals surface area contributed by atoms with Crippen molar-refractivity contribution in [2.45, 2.75) is 77.9 Å². The molecule has 1 atom stereocenters. The minimum atomic E-state index is 0.0506. The highest BCUT2D eigenvalue weighted by Gasteiger charge is 2.19. The Hall–Kier alpha value is -2.09. The topological polar surface area (TPSA) is 91.3 Å². The predicted octanol–water partition coefficient (Wildman–Crippen LogP) is 3.64. The van der Waals surface area contributed by atoms with Crippen molar-refractivity contribution in [2.24, 2.45) is 0 Å². The molecule has 0 bridgehead atoms. The van der Waals surface area contributed by atoms with E-state index in [1.54, 1.807) is 7.11 Å². The summed E-state index contributed by atoms with van der Waals surface area (Å²) < 4.78 is 13.4. The Labute approximate surface area is 173 Å². The van der Waals surface area contributed by atoms with Gasteiger partial charge < -0.3 is 20.1 Å². The van der Waals surface area contributed by atoms with Crippen molar-refractivity contribution in [2.75, 3.05) is 32.5 Å². The zero-order valence-electron chi connectivity index (χ0n) is 18.2. The maximum Gasteiger partial charge on any atom is 0.320 e. The molecule has 2 aromatic rings. The van der Waals surface area contributed by atoms with E-state index in [0.717, 1.165) is 45.2 Å². The van der Waals surface area contributed by atoms with Gasteiger partial charge in [0.2, 0.25) is 0 Å². The van der Waals surface area contributed by atoms with Crippen LogP contribution in [0.2, 0.25) is 0 Å². The van der Waals surface area contributed by atoms with E-state index in [0.29, 0.717) is 29.0 Å². The van der Waals surface area contributed by atoms with Gasteiger partial charge in [-0.3, -0.25) is 4.57 Å². The summed E-state index contributed by atoms with van der Waals surface area (Å²) >= 11 is 0. The van der Waals surface area contributed by atoms with Gasteiger partial charge in [0.05, 0.1) is 13.2 Å². The molecule has 162 valence electrons. The zero-order valence-corrected chi connectivity index (χ0v) is 18.2. The fourth-order valence-electron chi connectivity index (χ4n) is 3.91. The minimum Gasteiger partial charge on any atom is -0.468 e. The Morgan fingerprint density at radius 1 is 1.03 bits per heavy atom. The molecule has 0 aliphatic carbocycles. The number of fused-ring (bicyclic) bond motifs is 1. The van der Waals surface area contributed by atoms with Crippen molar-refractivity contribution in [3.63, 3.8) is 0 Å². The number of aromatic nitrogens is 4. The molecule has 8 nitrogen and oxygen atoms in total. The lowest BCUT2D eigenvalue weighted by atomic mass is 10.1. The van der Waals surface area contributed by atoms with Gasteiger partial charge in [0.15, 0.2) is 17.0 Å². The molecule has 1 fully saturated rings. The molecule has 0 radical (unpaired) electrons. The lowest BCUT2D eigenvalue weighted by molar-refractivity contribution is 0.191. The fraction of sp³-hybridized carbons (Fsp3) is 0.762. The molecule has 3 rings (SSSR count). The molecule has 0 unspecified atom stereocenters. The van der Waals surface area contributed by atoms with Crippen LogP contribution < -0.4 is 15.2 Å². The Morgan fingerprint density at radius 3 is 2.52 bits per heavy atom. The fourth-order valence-corrected chi connectivity index (χ4v) is 3.91. The number of piperidine rings is 1. The van der Waals surface area contributed by atoms with Gasteiger partial charge in [0.25, 0.3) is 6.01 Å². The van der Waals surface area contributed by atoms with Crippen molar-refractivity contribution >= 4 is 17.0 Å². The number of nitrogens with zero attached hydrogens (tertiary/aromatic N) is 5. The molecule has 0 amide bonds. The van der Waals surface area contributed by atoms with E-state index < -0.39 is 0 Å². The first-order chi connectivity index (χ1) is 14.1. The van der Waals surface area contributed by atoms with Crippen LogP contribution in [0.15, 0.2) is 0 Å². The van der Waals surface area contributed by atoms with Crippen LogP contribution in [-0.2, 0) is 6.54 Å². The molecule has 0 aromatic carbocycles. The third-order valence-electron chi connectivity index (χ3n) is 5.57. The molecule has 0 spiro atoms. The quantitative estimate of drug-likeness (QED) is 0.572. The lowest BCUT2D eigenvalue weighted by Gasteiger charge is -2.26. The number of ether oxygens (including phenoxy) is 2. The van der Waals surface area contributed by atoms with Crippen molar-refractivity contribution in [3.05, 3.63) is 0 Å². The second-order valence-electron chi connectivity index (χ2n) is 7.99. The van der Waals surface area contributed by atoms with Crippen molar-refractivity contribution < 1.29 is 9.47 Å². The van der Waals surface area contributed by atoms with E-state index in [4.69, 9.17) is 15.2 Å². The normalized spacial score (nSPS) is 16.2. The average molecular weight is 405 g/mol. The summed E-state index contributed by atoms with van der Waals surface area (Å²) in [4.78, 5) is 16.0. The van der Waals surface area contributed by atoms with Gasteiger partial charge in [0, 0.05) is 6.54 Å². The smallest absolute Gasteiger partial charge is 0.320 e. The molecule has 1 saturated heterocycles. The predicted molar refractivity (Wildman–Crippen MR) is 115 cm³/mol. The molecular weight excluding hydrogens is 368 g/mol. The average Bonchev–Trinajstić information content (AvgIpc) is 3.08. The molecule has 1 aliphatic rings. The number of unbranched alkanes of at least 4 members (excludes halogenated alkanes) is 2. The second-order valence-corrected chi connectivity index (χ2v) is 7.99. The lowest BCUT2D eigenvalue weighted by Crippen LogP contribution is -2.30. The number of imidazole rings is 1. The zero-order chi connectivity index (χ0) is 20.6. The summed E-state index contributed by atoms with van der Waals surface area (Å²) in [5.41, 5.74) is 7.41. The maximum atomic E-state index is 6.15. The molecule has 29 heavy (non-hydrogen) atoms. The Kier molecular flexibility index (Phi) is 7.91. The highest BCUT2D eigenvalue weighted by Crippen LogP contribution is 2.26. The Bertz CT molecular complexity index is 772. The highest BCUT2D eigenvalue weighted by atomic mass is 16.5. The van der Waals surface area contributed by atoms with Gasteiger partial charge in [-0.2, -0.15) is 15.0 Å². The van der Waals surface area contributed by atoms with Crippen LogP contribution in [0, 0.1) is 0 Å². The molecule has 2 aromatic heterocycles. The summed E-state index contributed by atoms with van der Waals surface area (Å²) in [6.45, 7) is 8.61. The van der Waals surface area contributed by atoms with E-state index in [9.17, 15) is 0 Å². The number of nitrogens with two attached hydrogens (primary N) is 1. The van der Waals surface area contributed by atoms with Crippen molar-refractivity contribution in [3.8, 4) is 12.0 Å². The second kappa shape index (κ2) is 10.6. The van der Waals surface area contributed by atoms with E-state index in [1.165, 1.54) is 32.4 Å². The van der Waals surface area contributed by atoms with E-state index in [-0.39, 0.29) is 6.10 Å². The van der Waals surface area contributed by atoms with Gasteiger partial charge in [-0.1, -0.05) is 26.2 Å². The number of hydrogen-bond acceptors (Lipinski definition) is 7. The van der Waals surface area contributed by atoms with Gasteiger partial charge in [-0.25, -0.2) is 0 Å². The highest BCUT2D eigenvalue weighted by molar-refractivity contribution is 5.83. The van der Waals surface area contributed by atoms with Gasteiger partial charge in [-0.05, 0) is 58.7 Å². The number of aryl methyl sites for hydroxylation is 1. The third-order valence-corrected chi connectivity index (χ3v) is 5.57. The standard InChI is InChI=1S/C21H36N6O2/c1-4-5-11-16(2)29-20-24-18(22)17-19(25-20)27(21(23-17)28-3)15-10-9-14-26-12-7-6-8-13-26/h16H,4-15H2,1-3H3,(H2,22,24,25)/t16-/m0/s1. The Balaban J connectivity index is 1.69. The molecule has 2 N–H and O–H groups in total. The number of methoxy groups -OCH3 is 1. The summed E-state index contributed by atoms with van der Waals surface area (Å²) in [5, 5.41) is 0. The van der Waals surface area contributed by atoms with E-state index >= 15 is 0 Å². The number of rotatable bonds is 11. The summed E-state index contributed by atoms with van der Waals surface area (Å²) in [7, 11) is 1.62. The maximum absolute atomic E-state index is 6.15. The SMILES string of the molecule is CCCC[C@H](C)Oc1nc(N)c2nc(OC)n(CCCCN3CCCCC3)c2n1. The summed E-state index contributed by atoms with van der Waals surface area (Å²) in [6.07, 6.45) is 9.47. The van der Waals surface area contributed by atoms with Gasteiger partial charge in [0.1, 0.15) is 0 Å². The number of nitrogen functional groups attached to an aromatic ring is 1. The van der Waals surface area contributed by atoms with Crippen molar-refractivity contribution in [1.29, 1.82) is 0 Å². The van der Waals surface area contributed by atoms with Gasteiger partial charge in [-0.15, -0.1) is 0 Å². The van der Waals surface area contributed by atoms with Crippen molar-refractivity contribution in [1.82, 2.24) is 24.4 Å². The Morgan fingerprint density at radius 2 is 1.79 bits per heavy atom. The molecule has 8 heteroatoms. The van der Waals surface area contributed by atoms with Crippen LogP contribution in [-0.4, -0.2) is 57.3 Å². The third kappa shape index (κ3) is 5.72. The largest absolute Gasteiger partial charge is 0.468 e. The van der Waals surface area contributed by atoms with Crippen LogP contribution >= 0.6 is 0 Å². The first-order valence-corrected chi connectivity index (χ1v) is 11.1. The van der Waals surface area contributed by atoms with Crippen LogP contribution in [0.1, 0.15) is 65.2 Å². The van der Waals surface area contributed by atoms with Crippen LogP contribution in [0.5, 0.6) is 12.0 Å². The molecule has 3 heterocycles. The number of likely N-dealkylation sites (tertiary alicyclic amines) is 1. The van der Waals surface area contributed by atoms with E-state index in [2.05, 4.69) is 26.8 Å². The first-order valence-electron chi connectivity index (χ1n) is 11.1. The molecule has 1 aliphatic heterocycles. The first kappa shape index (κ1) is 21.6. The van der Waals surface area contributed by atoms with Crippen LogP contribution in [0.3, 0.4) is 0 Å². The summed E-state index contributed by atoms with van der Waals surface area (Å²) in [6, 6.07) is 0.839.